The molecular formula is C11H6Br2N2OS. The van der Waals surface area contributed by atoms with Gasteiger partial charge >= 0.3 is 0 Å². The first-order valence-corrected chi connectivity index (χ1v) is 7.17. The number of phenols is 1. The lowest BCUT2D eigenvalue weighted by molar-refractivity contribution is 0.476. The van der Waals surface area contributed by atoms with Crippen LogP contribution in [0.25, 0.3) is 22.4 Å². The van der Waals surface area contributed by atoms with Crippen molar-refractivity contribution in [2.45, 2.75) is 0 Å². The maximum absolute atomic E-state index is 9.41. The van der Waals surface area contributed by atoms with Crippen molar-refractivity contribution in [1.29, 1.82) is 0 Å². The maximum atomic E-state index is 9.41. The molecule has 0 fully saturated rings. The summed E-state index contributed by atoms with van der Waals surface area (Å²) in [5.41, 5.74) is 2.68. The molecule has 2 heterocycles. The van der Waals surface area contributed by atoms with E-state index in [-0.39, 0.29) is 5.75 Å². The second-order valence-corrected chi connectivity index (χ2v) is 7.27. The molecule has 3 rings (SSSR count). The number of aromatic hydroxyl groups is 1. The Bertz CT molecular complexity index is 705. The van der Waals surface area contributed by atoms with Crippen molar-refractivity contribution in [2.24, 2.45) is 0 Å². The van der Waals surface area contributed by atoms with E-state index in [1.54, 1.807) is 29.5 Å². The number of nitrogens with zero attached hydrogens (tertiary/aromatic N) is 1. The molecular weight excluding hydrogens is 368 g/mol. The Morgan fingerprint density at radius 2 is 2.06 bits per heavy atom. The van der Waals surface area contributed by atoms with Crippen molar-refractivity contribution < 1.29 is 5.11 Å². The first-order chi connectivity index (χ1) is 8.13. The summed E-state index contributed by atoms with van der Waals surface area (Å²) >= 11 is 8.55. The van der Waals surface area contributed by atoms with Crippen LogP contribution in [-0.4, -0.2) is 15.1 Å². The largest absolute Gasteiger partial charge is 0.508 e. The number of fused-ring (bicyclic) bond motifs is 1. The quantitative estimate of drug-likeness (QED) is 0.658. The highest BCUT2D eigenvalue weighted by atomic mass is 79.9. The van der Waals surface area contributed by atoms with Crippen LogP contribution >= 0.6 is 43.2 Å². The summed E-state index contributed by atoms with van der Waals surface area (Å²) in [6.45, 7) is 0. The highest BCUT2D eigenvalue weighted by Gasteiger charge is 2.12. The highest BCUT2D eigenvalue weighted by Crippen LogP contribution is 2.38. The summed E-state index contributed by atoms with van der Waals surface area (Å²) < 4.78 is 2.07. The zero-order valence-corrected chi connectivity index (χ0v) is 12.4. The van der Waals surface area contributed by atoms with Crippen molar-refractivity contribution >= 4 is 54.2 Å². The van der Waals surface area contributed by atoms with Crippen LogP contribution < -0.4 is 0 Å². The molecule has 0 radical (unpaired) electrons. The lowest BCUT2D eigenvalue weighted by Gasteiger charge is -1.90. The van der Waals surface area contributed by atoms with Crippen molar-refractivity contribution in [3.05, 3.63) is 31.8 Å². The SMILES string of the molecule is Oc1ccc2nc(-c3cc(Br)sc3Br)[nH]c2c1. The summed E-state index contributed by atoms with van der Waals surface area (Å²) in [5, 5.41) is 9.41. The molecule has 3 nitrogen and oxygen atoms in total. The minimum Gasteiger partial charge on any atom is -0.508 e. The minimum atomic E-state index is 0.235. The molecule has 0 bridgehead atoms. The van der Waals surface area contributed by atoms with Crippen molar-refractivity contribution in [3.8, 4) is 17.1 Å². The molecule has 86 valence electrons. The number of halogens is 2. The summed E-state index contributed by atoms with van der Waals surface area (Å²) in [7, 11) is 0. The van der Waals surface area contributed by atoms with Gasteiger partial charge in [0.05, 0.1) is 18.6 Å². The van der Waals surface area contributed by atoms with E-state index in [1.807, 2.05) is 6.07 Å². The van der Waals surface area contributed by atoms with Crippen molar-refractivity contribution in [3.63, 3.8) is 0 Å². The normalized spacial score (nSPS) is 11.2. The second kappa shape index (κ2) is 4.12. The third-order valence-corrected chi connectivity index (χ3v) is 4.72. The van der Waals surface area contributed by atoms with Gasteiger partial charge in [0, 0.05) is 11.6 Å². The monoisotopic (exact) mass is 372 g/mol. The van der Waals surface area contributed by atoms with Gasteiger partial charge in [-0.05, 0) is 50.1 Å². The number of hydrogen-bond acceptors (Lipinski definition) is 3. The summed E-state index contributed by atoms with van der Waals surface area (Å²) in [5.74, 6) is 1.03. The number of nitrogens with one attached hydrogen (secondary N) is 1. The maximum Gasteiger partial charge on any atom is 0.140 e. The molecule has 0 saturated carbocycles. The fourth-order valence-corrected chi connectivity index (χ4v) is 4.43. The Labute approximate surface area is 118 Å². The lowest BCUT2D eigenvalue weighted by Crippen LogP contribution is -1.76. The van der Waals surface area contributed by atoms with Gasteiger partial charge in [-0.15, -0.1) is 11.3 Å². The van der Waals surface area contributed by atoms with Crippen LogP contribution in [0.2, 0.25) is 0 Å². The van der Waals surface area contributed by atoms with Crippen LogP contribution in [0.4, 0.5) is 0 Å². The number of thiophene rings is 1. The zero-order chi connectivity index (χ0) is 12.0. The smallest absolute Gasteiger partial charge is 0.140 e. The average Bonchev–Trinajstić information content (AvgIpc) is 2.80. The standard InChI is InChI=1S/C11H6Br2N2OS/c12-9-4-6(10(13)17-9)11-14-7-2-1-5(16)3-8(7)15-11/h1-4,16H,(H,14,15). The van der Waals surface area contributed by atoms with Gasteiger partial charge in [-0.2, -0.15) is 0 Å². The van der Waals surface area contributed by atoms with E-state index in [2.05, 4.69) is 41.8 Å². The molecule has 3 aromatic rings. The number of benzene rings is 1. The van der Waals surface area contributed by atoms with Gasteiger partial charge in [0.2, 0.25) is 0 Å². The molecule has 6 heteroatoms. The first kappa shape index (κ1) is 11.3. The zero-order valence-electron chi connectivity index (χ0n) is 8.37. The Kier molecular flexibility index (Phi) is 2.72. The van der Waals surface area contributed by atoms with E-state index in [1.165, 1.54) is 0 Å². The van der Waals surface area contributed by atoms with Gasteiger partial charge in [0.15, 0.2) is 0 Å². The molecule has 0 amide bonds. The minimum absolute atomic E-state index is 0.235. The van der Waals surface area contributed by atoms with Crippen LogP contribution in [0.15, 0.2) is 31.8 Å². The van der Waals surface area contributed by atoms with Crippen LogP contribution in [-0.2, 0) is 0 Å². The predicted octanol–water partition coefficient (Wildman–Crippen LogP) is 4.52. The Hall–Kier alpha value is -0.850. The number of aromatic nitrogens is 2. The van der Waals surface area contributed by atoms with Gasteiger partial charge in [-0.3, -0.25) is 0 Å². The van der Waals surface area contributed by atoms with E-state index in [4.69, 9.17) is 0 Å². The number of rotatable bonds is 1. The molecule has 0 atom stereocenters. The topological polar surface area (TPSA) is 48.9 Å². The average molecular weight is 374 g/mol. The Morgan fingerprint density at radius 1 is 1.24 bits per heavy atom. The second-order valence-electron chi connectivity index (χ2n) is 3.52. The van der Waals surface area contributed by atoms with E-state index in [0.717, 1.165) is 30.0 Å². The summed E-state index contributed by atoms with van der Waals surface area (Å²) in [6, 6.07) is 7.10. The number of imidazole rings is 1. The van der Waals surface area contributed by atoms with Crippen LogP contribution in [0.5, 0.6) is 5.75 Å². The lowest BCUT2D eigenvalue weighted by atomic mass is 10.3. The number of aromatic amines is 1. The van der Waals surface area contributed by atoms with Crippen molar-refractivity contribution in [1.82, 2.24) is 9.97 Å². The molecule has 1 aromatic carbocycles. The fraction of sp³-hybridized carbons (Fsp3) is 0. The Morgan fingerprint density at radius 3 is 2.76 bits per heavy atom. The molecule has 0 unspecified atom stereocenters. The molecule has 0 aliphatic heterocycles. The van der Waals surface area contributed by atoms with E-state index >= 15 is 0 Å². The number of phenolic OH excluding ortho intramolecular Hbond substituents is 1. The van der Waals surface area contributed by atoms with E-state index in [0.29, 0.717) is 0 Å². The van der Waals surface area contributed by atoms with Gasteiger partial charge in [0.25, 0.3) is 0 Å². The van der Waals surface area contributed by atoms with Gasteiger partial charge in [-0.25, -0.2) is 4.98 Å². The summed E-state index contributed by atoms with van der Waals surface area (Å²) in [6.07, 6.45) is 0. The van der Waals surface area contributed by atoms with Gasteiger partial charge < -0.3 is 10.1 Å². The van der Waals surface area contributed by atoms with Gasteiger partial charge in [0.1, 0.15) is 11.6 Å². The van der Waals surface area contributed by atoms with Crippen LogP contribution in [0.1, 0.15) is 0 Å². The van der Waals surface area contributed by atoms with E-state index in [9.17, 15) is 5.11 Å². The molecule has 0 aliphatic carbocycles. The van der Waals surface area contributed by atoms with Crippen molar-refractivity contribution in [2.75, 3.05) is 0 Å². The fourth-order valence-electron chi connectivity index (χ4n) is 1.63. The molecule has 2 aromatic heterocycles. The molecule has 17 heavy (non-hydrogen) atoms. The third-order valence-electron chi connectivity index (χ3n) is 2.38. The Balaban J connectivity index is 2.21. The number of H-pyrrole nitrogens is 1. The van der Waals surface area contributed by atoms with Crippen LogP contribution in [0.3, 0.4) is 0 Å². The first-order valence-electron chi connectivity index (χ1n) is 4.77. The molecule has 0 saturated heterocycles. The van der Waals surface area contributed by atoms with E-state index < -0.39 is 0 Å². The molecule has 2 N–H and O–H groups in total. The predicted molar refractivity (Wildman–Crippen MR) is 76.5 cm³/mol. The summed E-state index contributed by atoms with van der Waals surface area (Å²) in [4.78, 5) is 7.68. The highest BCUT2D eigenvalue weighted by molar-refractivity contribution is 9.12. The molecule has 0 spiro atoms. The number of hydrogen-bond donors (Lipinski definition) is 2. The van der Waals surface area contributed by atoms with Gasteiger partial charge in [-0.1, -0.05) is 0 Å². The third kappa shape index (κ3) is 2.00. The van der Waals surface area contributed by atoms with Crippen LogP contribution in [0, 0.1) is 0 Å². The molecule has 0 aliphatic rings.